The number of carbonyl (C=O) groups is 1. The fourth-order valence-corrected chi connectivity index (χ4v) is 1.72. The molecule has 0 unspecified atom stereocenters. The summed E-state index contributed by atoms with van der Waals surface area (Å²) in [5, 5.41) is 2.74. The Balaban J connectivity index is 2.25. The molecule has 0 atom stereocenters. The van der Waals surface area contributed by atoms with Crippen molar-refractivity contribution in [1.82, 2.24) is 5.32 Å². The normalized spacial score (nSPS) is 13.3. The molecule has 2 rings (SSSR count). The lowest BCUT2D eigenvalue weighted by Crippen LogP contribution is -2.29. The van der Waals surface area contributed by atoms with Gasteiger partial charge in [-0.05, 0) is 24.6 Å². The average molecular weight is 236 g/mol. The first kappa shape index (κ1) is 11.7. The Bertz CT molecular complexity index is 432. The molecule has 5 nitrogen and oxygen atoms in total. The van der Waals surface area contributed by atoms with Crippen molar-refractivity contribution < 1.29 is 14.3 Å². The smallest absolute Gasteiger partial charge is 0.251 e. The van der Waals surface area contributed by atoms with Gasteiger partial charge in [-0.25, -0.2) is 0 Å². The van der Waals surface area contributed by atoms with Crippen LogP contribution in [-0.2, 0) is 0 Å². The highest BCUT2D eigenvalue weighted by atomic mass is 16.6. The first-order chi connectivity index (χ1) is 8.22. The zero-order valence-corrected chi connectivity index (χ0v) is 9.79. The van der Waals surface area contributed by atoms with Crippen LogP contribution in [0.2, 0.25) is 0 Å². The molecule has 5 heteroatoms. The van der Waals surface area contributed by atoms with Crippen molar-refractivity contribution in [1.29, 1.82) is 0 Å². The third kappa shape index (κ3) is 2.50. The maximum Gasteiger partial charge on any atom is 0.251 e. The van der Waals surface area contributed by atoms with Gasteiger partial charge in [0.1, 0.15) is 13.2 Å². The van der Waals surface area contributed by atoms with Gasteiger partial charge in [-0.15, -0.1) is 0 Å². The minimum Gasteiger partial charge on any atom is -0.486 e. The summed E-state index contributed by atoms with van der Waals surface area (Å²) in [5.41, 5.74) is 6.81. The molecule has 0 aliphatic carbocycles. The van der Waals surface area contributed by atoms with Crippen molar-refractivity contribution >= 4 is 5.91 Å². The Hall–Kier alpha value is -1.75. The van der Waals surface area contributed by atoms with E-state index in [9.17, 15) is 4.79 Å². The molecule has 0 saturated heterocycles. The quantitative estimate of drug-likeness (QED) is 0.799. The highest BCUT2D eigenvalue weighted by molar-refractivity contribution is 5.96. The van der Waals surface area contributed by atoms with Crippen LogP contribution in [-0.4, -0.2) is 32.2 Å². The zero-order chi connectivity index (χ0) is 12.3. The van der Waals surface area contributed by atoms with Crippen molar-refractivity contribution in [3.63, 3.8) is 0 Å². The van der Waals surface area contributed by atoms with Crippen LogP contribution in [0.25, 0.3) is 0 Å². The summed E-state index contributed by atoms with van der Waals surface area (Å²) in [5.74, 6) is 1.19. The number of aryl methyl sites for hydroxylation is 1. The van der Waals surface area contributed by atoms with E-state index in [1.165, 1.54) is 0 Å². The predicted molar refractivity (Wildman–Crippen MR) is 63.6 cm³/mol. The van der Waals surface area contributed by atoms with Crippen LogP contribution >= 0.6 is 0 Å². The lowest BCUT2D eigenvalue weighted by Gasteiger charge is -2.20. The SMILES string of the molecule is Cc1cc2c(cc1C(=O)NCCN)OCCO2. The van der Waals surface area contributed by atoms with Crippen LogP contribution in [0, 0.1) is 6.92 Å². The largest absolute Gasteiger partial charge is 0.486 e. The minimum absolute atomic E-state index is 0.134. The molecule has 1 aromatic carbocycles. The molecule has 1 heterocycles. The highest BCUT2D eigenvalue weighted by Gasteiger charge is 2.17. The number of benzene rings is 1. The van der Waals surface area contributed by atoms with Gasteiger partial charge in [-0.3, -0.25) is 4.79 Å². The number of amides is 1. The van der Waals surface area contributed by atoms with Crippen LogP contribution < -0.4 is 20.5 Å². The molecule has 0 spiro atoms. The number of carbonyl (C=O) groups excluding carboxylic acids is 1. The maximum atomic E-state index is 11.8. The molecular weight excluding hydrogens is 220 g/mol. The number of hydrogen-bond acceptors (Lipinski definition) is 4. The van der Waals surface area contributed by atoms with Gasteiger partial charge in [-0.2, -0.15) is 0 Å². The average Bonchev–Trinajstić information content (AvgIpc) is 2.35. The van der Waals surface area contributed by atoms with E-state index < -0.39 is 0 Å². The Morgan fingerprint density at radius 1 is 1.35 bits per heavy atom. The number of ether oxygens (including phenoxy) is 2. The zero-order valence-electron chi connectivity index (χ0n) is 9.79. The number of fused-ring (bicyclic) bond motifs is 1. The van der Waals surface area contributed by atoms with Crippen molar-refractivity contribution in [2.45, 2.75) is 6.92 Å². The second kappa shape index (κ2) is 5.05. The van der Waals surface area contributed by atoms with Crippen LogP contribution in [0.4, 0.5) is 0 Å². The van der Waals surface area contributed by atoms with Crippen molar-refractivity contribution in [3.8, 4) is 11.5 Å². The first-order valence-corrected chi connectivity index (χ1v) is 5.61. The van der Waals surface area contributed by atoms with E-state index in [4.69, 9.17) is 15.2 Å². The van der Waals surface area contributed by atoms with Crippen LogP contribution in [0.5, 0.6) is 11.5 Å². The fraction of sp³-hybridized carbons (Fsp3) is 0.417. The third-order valence-electron chi connectivity index (χ3n) is 2.56. The van der Waals surface area contributed by atoms with Gasteiger partial charge in [0, 0.05) is 18.7 Å². The molecule has 17 heavy (non-hydrogen) atoms. The summed E-state index contributed by atoms with van der Waals surface area (Å²) in [6.07, 6.45) is 0. The van der Waals surface area contributed by atoms with E-state index in [0.29, 0.717) is 43.4 Å². The summed E-state index contributed by atoms with van der Waals surface area (Å²) >= 11 is 0. The topological polar surface area (TPSA) is 73.6 Å². The van der Waals surface area contributed by atoms with Crippen LogP contribution in [0.3, 0.4) is 0 Å². The Morgan fingerprint density at radius 3 is 2.65 bits per heavy atom. The van der Waals surface area contributed by atoms with Gasteiger partial charge >= 0.3 is 0 Å². The molecule has 0 bridgehead atoms. The Morgan fingerprint density at radius 2 is 2.00 bits per heavy atom. The van der Waals surface area contributed by atoms with Crippen molar-refractivity contribution in [3.05, 3.63) is 23.3 Å². The molecule has 0 saturated carbocycles. The molecule has 1 amide bonds. The van der Waals surface area contributed by atoms with Crippen molar-refractivity contribution in [2.75, 3.05) is 26.3 Å². The first-order valence-electron chi connectivity index (χ1n) is 5.61. The Labute approximate surface area is 99.9 Å². The molecular formula is C12H16N2O3. The summed E-state index contributed by atoms with van der Waals surface area (Å²) in [6.45, 7) is 3.82. The minimum atomic E-state index is -0.134. The third-order valence-corrected chi connectivity index (χ3v) is 2.56. The second-order valence-corrected chi connectivity index (χ2v) is 3.86. The number of hydrogen-bond donors (Lipinski definition) is 2. The Kier molecular flexibility index (Phi) is 3.49. The summed E-state index contributed by atoms with van der Waals surface area (Å²) in [7, 11) is 0. The van der Waals surface area contributed by atoms with E-state index in [1.807, 2.05) is 13.0 Å². The van der Waals surface area contributed by atoms with Gasteiger partial charge in [0.05, 0.1) is 0 Å². The number of nitrogens with one attached hydrogen (secondary N) is 1. The molecule has 92 valence electrons. The molecule has 0 fully saturated rings. The fourth-order valence-electron chi connectivity index (χ4n) is 1.72. The molecule has 1 aromatic rings. The molecule has 0 radical (unpaired) electrons. The van der Waals surface area contributed by atoms with E-state index >= 15 is 0 Å². The van der Waals surface area contributed by atoms with E-state index in [1.54, 1.807) is 6.07 Å². The van der Waals surface area contributed by atoms with Gasteiger partial charge in [0.15, 0.2) is 11.5 Å². The molecule has 1 aliphatic heterocycles. The number of rotatable bonds is 3. The van der Waals surface area contributed by atoms with Gasteiger partial charge < -0.3 is 20.5 Å². The van der Waals surface area contributed by atoms with Gasteiger partial charge in [0.2, 0.25) is 0 Å². The highest BCUT2D eigenvalue weighted by Crippen LogP contribution is 2.32. The maximum absolute atomic E-state index is 11.8. The summed E-state index contributed by atoms with van der Waals surface area (Å²) in [6, 6.07) is 3.54. The van der Waals surface area contributed by atoms with Crippen LogP contribution in [0.1, 0.15) is 15.9 Å². The number of nitrogens with two attached hydrogens (primary N) is 1. The second-order valence-electron chi connectivity index (χ2n) is 3.86. The van der Waals surface area contributed by atoms with E-state index in [2.05, 4.69) is 5.32 Å². The van der Waals surface area contributed by atoms with Crippen molar-refractivity contribution in [2.24, 2.45) is 5.73 Å². The monoisotopic (exact) mass is 236 g/mol. The summed E-state index contributed by atoms with van der Waals surface area (Å²) < 4.78 is 10.9. The van der Waals surface area contributed by atoms with E-state index in [-0.39, 0.29) is 5.91 Å². The molecule has 3 N–H and O–H groups in total. The lowest BCUT2D eigenvalue weighted by molar-refractivity contribution is 0.0953. The molecule has 1 aliphatic rings. The predicted octanol–water partition coefficient (Wildman–Crippen LogP) is 0.455. The summed E-state index contributed by atoms with van der Waals surface area (Å²) in [4.78, 5) is 11.8. The van der Waals surface area contributed by atoms with E-state index in [0.717, 1.165) is 5.56 Å². The van der Waals surface area contributed by atoms with Gasteiger partial charge in [0.25, 0.3) is 5.91 Å². The van der Waals surface area contributed by atoms with Gasteiger partial charge in [-0.1, -0.05) is 0 Å². The molecule has 0 aromatic heterocycles. The van der Waals surface area contributed by atoms with Crippen LogP contribution in [0.15, 0.2) is 12.1 Å². The standard InChI is InChI=1S/C12H16N2O3/c1-8-6-10-11(17-5-4-16-10)7-9(8)12(15)14-3-2-13/h6-7H,2-5,13H2,1H3,(H,14,15). The lowest BCUT2D eigenvalue weighted by atomic mass is 10.1.